The second kappa shape index (κ2) is 5.61. The van der Waals surface area contributed by atoms with Crippen molar-refractivity contribution in [3.63, 3.8) is 0 Å². The Labute approximate surface area is 101 Å². The van der Waals surface area contributed by atoms with E-state index in [1.54, 1.807) is 0 Å². The van der Waals surface area contributed by atoms with E-state index in [4.69, 9.17) is 5.84 Å². The number of aromatic nitrogens is 2. The molecule has 0 spiro atoms. The highest BCUT2D eigenvalue weighted by Gasteiger charge is 2.16. The maximum Gasteiger partial charge on any atom is 0.0878 e. The van der Waals surface area contributed by atoms with Crippen molar-refractivity contribution in [2.24, 2.45) is 5.84 Å². The summed E-state index contributed by atoms with van der Waals surface area (Å²) in [4.78, 5) is 0. The largest absolute Gasteiger partial charge is 0.271 e. The molecule has 0 fully saturated rings. The topological polar surface area (TPSA) is 55.9 Å². The molecule has 1 unspecified atom stereocenters. The van der Waals surface area contributed by atoms with Gasteiger partial charge in [0.15, 0.2) is 0 Å². The predicted octanol–water partition coefficient (Wildman–Crippen LogP) is 1.85. The minimum atomic E-state index is -0.00903. The summed E-state index contributed by atoms with van der Waals surface area (Å²) in [6.45, 7) is 3.05. The first-order chi connectivity index (χ1) is 8.36. The Hall–Kier alpha value is -1.65. The third-order valence-electron chi connectivity index (χ3n) is 2.78. The fraction of sp³-hybridized carbons (Fsp3) is 0.308. The molecular weight excluding hydrogens is 212 g/mol. The molecule has 17 heavy (non-hydrogen) atoms. The highest BCUT2D eigenvalue weighted by atomic mass is 15.3. The monoisotopic (exact) mass is 230 g/mol. The van der Waals surface area contributed by atoms with Crippen molar-refractivity contribution in [3.05, 3.63) is 53.9 Å². The lowest BCUT2D eigenvalue weighted by molar-refractivity contribution is 0.521. The van der Waals surface area contributed by atoms with Gasteiger partial charge in [-0.2, -0.15) is 5.10 Å². The summed E-state index contributed by atoms with van der Waals surface area (Å²) >= 11 is 0. The molecule has 1 aromatic carbocycles. The molecule has 3 N–H and O–H groups in total. The molecule has 0 amide bonds. The smallest absolute Gasteiger partial charge is 0.0878 e. The molecule has 4 nitrogen and oxygen atoms in total. The van der Waals surface area contributed by atoms with Gasteiger partial charge in [-0.05, 0) is 18.1 Å². The second-order valence-electron chi connectivity index (χ2n) is 3.99. The first kappa shape index (κ1) is 11.8. The zero-order valence-corrected chi connectivity index (χ0v) is 10.0. The van der Waals surface area contributed by atoms with Crippen LogP contribution in [0.25, 0.3) is 0 Å². The number of nitrogens with zero attached hydrogens (tertiary/aromatic N) is 2. The lowest BCUT2D eigenvalue weighted by Crippen LogP contribution is -2.30. The van der Waals surface area contributed by atoms with E-state index in [0.29, 0.717) is 0 Å². The minimum Gasteiger partial charge on any atom is -0.271 e. The van der Waals surface area contributed by atoms with Crippen LogP contribution in [-0.4, -0.2) is 9.78 Å². The molecule has 0 saturated heterocycles. The van der Waals surface area contributed by atoms with Crippen LogP contribution in [-0.2, 0) is 6.54 Å². The molecule has 0 aliphatic rings. The van der Waals surface area contributed by atoms with Gasteiger partial charge in [0.05, 0.1) is 11.7 Å². The molecule has 0 radical (unpaired) electrons. The molecule has 2 rings (SSSR count). The van der Waals surface area contributed by atoms with Gasteiger partial charge in [-0.1, -0.05) is 37.3 Å². The second-order valence-corrected chi connectivity index (χ2v) is 3.99. The summed E-state index contributed by atoms with van der Waals surface area (Å²) in [6.07, 6.45) is 2.87. The Bertz CT molecular complexity index is 449. The van der Waals surface area contributed by atoms with Crippen LogP contribution < -0.4 is 11.3 Å². The molecular formula is C13H18N4. The van der Waals surface area contributed by atoms with E-state index < -0.39 is 0 Å². The zero-order chi connectivity index (χ0) is 12.1. The summed E-state index contributed by atoms with van der Waals surface area (Å²) in [5.41, 5.74) is 5.10. The van der Waals surface area contributed by atoms with E-state index in [0.717, 1.165) is 24.2 Å². The van der Waals surface area contributed by atoms with Crippen molar-refractivity contribution in [2.75, 3.05) is 0 Å². The van der Waals surface area contributed by atoms with Gasteiger partial charge in [0.25, 0.3) is 0 Å². The van der Waals surface area contributed by atoms with E-state index in [-0.39, 0.29) is 6.04 Å². The van der Waals surface area contributed by atoms with Crippen LogP contribution in [0.3, 0.4) is 0 Å². The standard InChI is InChI=1S/C13H18N4/c1-2-10-17-12(8-9-15-17)13(16-14)11-6-4-3-5-7-11/h3-9,13,16H,2,10,14H2,1H3. The van der Waals surface area contributed by atoms with E-state index in [1.165, 1.54) is 0 Å². The molecule has 1 aromatic heterocycles. The van der Waals surface area contributed by atoms with E-state index in [9.17, 15) is 0 Å². The van der Waals surface area contributed by atoms with Crippen molar-refractivity contribution in [1.82, 2.24) is 15.2 Å². The Morgan fingerprint density at radius 2 is 2.06 bits per heavy atom. The third kappa shape index (κ3) is 2.54. The number of benzene rings is 1. The summed E-state index contributed by atoms with van der Waals surface area (Å²) in [7, 11) is 0. The fourth-order valence-corrected chi connectivity index (χ4v) is 1.98. The summed E-state index contributed by atoms with van der Waals surface area (Å²) < 4.78 is 2.00. The van der Waals surface area contributed by atoms with Crippen molar-refractivity contribution in [1.29, 1.82) is 0 Å². The van der Waals surface area contributed by atoms with Gasteiger partial charge in [0.2, 0.25) is 0 Å². The van der Waals surface area contributed by atoms with Gasteiger partial charge in [-0.15, -0.1) is 0 Å². The molecule has 1 atom stereocenters. The van der Waals surface area contributed by atoms with Crippen molar-refractivity contribution < 1.29 is 0 Å². The summed E-state index contributed by atoms with van der Waals surface area (Å²) in [5, 5.41) is 4.32. The van der Waals surface area contributed by atoms with Crippen LogP contribution >= 0.6 is 0 Å². The molecule has 90 valence electrons. The average molecular weight is 230 g/mol. The number of rotatable bonds is 5. The normalized spacial score (nSPS) is 12.6. The Balaban J connectivity index is 2.32. The number of nitrogens with two attached hydrogens (primary N) is 1. The van der Waals surface area contributed by atoms with Gasteiger partial charge >= 0.3 is 0 Å². The van der Waals surface area contributed by atoms with Crippen LogP contribution in [0, 0.1) is 0 Å². The summed E-state index contributed by atoms with van der Waals surface area (Å²) in [6, 6.07) is 12.2. The highest BCUT2D eigenvalue weighted by Crippen LogP contribution is 2.20. The Kier molecular flexibility index (Phi) is 3.90. The highest BCUT2D eigenvalue weighted by molar-refractivity contribution is 5.27. The van der Waals surface area contributed by atoms with Crippen LogP contribution in [0.2, 0.25) is 0 Å². The first-order valence-electron chi connectivity index (χ1n) is 5.89. The van der Waals surface area contributed by atoms with Crippen molar-refractivity contribution in [2.45, 2.75) is 25.9 Å². The van der Waals surface area contributed by atoms with E-state index in [2.05, 4.69) is 29.6 Å². The first-order valence-corrected chi connectivity index (χ1v) is 5.89. The number of nitrogens with one attached hydrogen (secondary N) is 1. The molecule has 4 heteroatoms. The number of hydrazine groups is 1. The van der Waals surface area contributed by atoms with Crippen LogP contribution in [0.4, 0.5) is 0 Å². The lowest BCUT2D eigenvalue weighted by atomic mass is 10.0. The average Bonchev–Trinajstić information content (AvgIpc) is 2.81. The summed E-state index contributed by atoms with van der Waals surface area (Å²) in [5.74, 6) is 5.67. The zero-order valence-electron chi connectivity index (χ0n) is 10.0. The third-order valence-corrected chi connectivity index (χ3v) is 2.78. The Morgan fingerprint density at radius 1 is 1.29 bits per heavy atom. The van der Waals surface area contributed by atoms with Crippen LogP contribution in [0.5, 0.6) is 0 Å². The number of hydrogen-bond acceptors (Lipinski definition) is 3. The molecule has 0 saturated carbocycles. The molecule has 1 heterocycles. The lowest BCUT2D eigenvalue weighted by Gasteiger charge is -2.17. The van der Waals surface area contributed by atoms with Crippen LogP contribution in [0.15, 0.2) is 42.6 Å². The maximum absolute atomic E-state index is 5.67. The SMILES string of the molecule is CCCn1nccc1C(NN)c1ccccc1. The molecule has 2 aromatic rings. The number of aryl methyl sites for hydroxylation is 1. The van der Waals surface area contributed by atoms with Gasteiger partial charge in [0.1, 0.15) is 0 Å². The minimum absolute atomic E-state index is 0.00903. The predicted molar refractivity (Wildman–Crippen MR) is 68.1 cm³/mol. The fourth-order valence-electron chi connectivity index (χ4n) is 1.98. The maximum atomic E-state index is 5.67. The molecule has 0 bridgehead atoms. The van der Waals surface area contributed by atoms with Crippen molar-refractivity contribution in [3.8, 4) is 0 Å². The van der Waals surface area contributed by atoms with Gasteiger partial charge in [0, 0.05) is 12.7 Å². The van der Waals surface area contributed by atoms with Gasteiger partial charge in [-0.3, -0.25) is 10.5 Å². The van der Waals surface area contributed by atoms with Gasteiger partial charge < -0.3 is 0 Å². The number of hydrogen-bond donors (Lipinski definition) is 2. The molecule has 0 aliphatic heterocycles. The van der Waals surface area contributed by atoms with Crippen molar-refractivity contribution >= 4 is 0 Å². The van der Waals surface area contributed by atoms with Crippen LogP contribution in [0.1, 0.15) is 30.6 Å². The van der Waals surface area contributed by atoms with E-state index in [1.807, 2.05) is 35.1 Å². The quantitative estimate of drug-likeness (QED) is 0.609. The van der Waals surface area contributed by atoms with Gasteiger partial charge in [-0.25, -0.2) is 5.43 Å². The Morgan fingerprint density at radius 3 is 2.71 bits per heavy atom. The molecule has 0 aliphatic carbocycles. The van der Waals surface area contributed by atoms with E-state index >= 15 is 0 Å².